The maximum atomic E-state index is 9.72. The molecule has 0 radical (unpaired) electrons. The Balaban J connectivity index is 0.00000169. The van der Waals surface area contributed by atoms with Crippen molar-refractivity contribution in [3.05, 3.63) is 23.5 Å². The predicted molar refractivity (Wildman–Crippen MR) is 56.3 cm³/mol. The molecule has 0 saturated carbocycles. The van der Waals surface area contributed by atoms with E-state index in [1.54, 1.807) is 6.08 Å². The summed E-state index contributed by atoms with van der Waals surface area (Å²) >= 11 is 0. The second-order valence-electron chi connectivity index (χ2n) is 3.08. The first-order valence-electron chi connectivity index (χ1n) is 4.19. The normalized spacial score (nSPS) is 26.2. The van der Waals surface area contributed by atoms with E-state index >= 15 is 0 Å². The van der Waals surface area contributed by atoms with E-state index in [9.17, 15) is 10.2 Å². The fourth-order valence-electron chi connectivity index (χ4n) is 1.32. The van der Waals surface area contributed by atoms with E-state index in [-0.39, 0.29) is 24.6 Å². The van der Waals surface area contributed by atoms with Gasteiger partial charge < -0.3 is 20.7 Å². The minimum atomic E-state index is -1.56. The van der Waals surface area contributed by atoms with E-state index in [0.717, 1.165) is 5.57 Å². The number of allylic oxidation sites excluding steroid dienone is 2. The van der Waals surface area contributed by atoms with Gasteiger partial charge in [0.2, 0.25) is 5.79 Å². The van der Waals surface area contributed by atoms with Crippen molar-refractivity contribution in [1.29, 1.82) is 0 Å². The molecule has 14 heavy (non-hydrogen) atoms. The highest BCUT2D eigenvalue weighted by atomic mass is 35.5. The number of methoxy groups -OCH3 is 1. The van der Waals surface area contributed by atoms with Crippen molar-refractivity contribution in [3.8, 4) is 0 Å². The minimum absolute atomic E-state index is 0. The molecule has 0 aromatic rings. The van der Waals surface area contributed by atoms with Crippen LogP contribution in [-0.2, 0) is 4.74 Å². The summed E-state index contributed by atoms with van der Waals surface area (Å²) in [6.07, 6.45) is 4.19. The maximum Gasteiger partial charge on any atom is 0.228 e. The Kier molecular flexibility index (Phi) is 5.15. The molecule has 1 rings (SSSR count). The zero-order chi connectivity index (χ0) is 9.90. The fourth-order valence-corrected chi connectivity index (χ4v) is 1.32. The molecule has 1 atom stereocenters. The molecule has 0 aliphatic heterocycles. The highest BCUT2D eigenvalue weighted by Crippen LogP contribution is 2.29. The summed E-state index contributed by atoms with van der Waals surface area (Å²) < 4.78 is 4.82. The molecule has 0 aromatic heterocycles. The van der Waals surface area contributed by atoms with Gasteiger partial charge in [-0.25, -0.2) is 0 Å². The number of aliphatic hydroxyl groups is 2. The average Bonchev–Trinajstić information content (AvgIpc) is 2.12. The molecule has 0 saturated heterocycles. The maximum absolute atomic E-state index is 9.72. The summed E-state index contributed by atoms with van der Waals surface area (Å²) in [5, 5.41) is 19.0. The van der Waals surface area contributed by atoms with Crippen molar-refractivity contribution in [2.45, 2.75) is 18.6 Å². The topological polar surface area (TPSA) is 75.7 Å². The summed E-state index contributed by atoms with van der Waals surface area (Å²) in [6.45, 7) is 0.528. The van der Waals surface area contributed by atoms with Gasteiger partial charge in [0.1, 0.15) is 0 Å². The lowest BCUT2D eigenvalue weighted by atomic mass is 9.95. The van der Waals surface area contributed by atoms with Crippen molar-refractivity contribution in [2.75, 3.05) is 13.7 Å². The van der Waals surface area contributed by atoms with E-state index in [1.165, 1.54) is 13.2 Å². The highest BCUT2D eigenvalue weighted by Gasteiger charge is 2.34. The molecule has 5 heteroatoms. The first-order valence-corrected chi connectivity index (χ1v) is 4.19. The highest BCUT2D eigenvalue weighted by molar-refractivity contribution is 5.85. The molecule has 1 aliphatic rings. The van der Waals surface area contributed by atoms with Crippen LogP contribution in [0, 0.1) is 0 Å². The van der Waals surface area contributed by atoms with Gasteiger partial charge in [0.05, 0.1) is 0 Å². The van der Waals surface area contributed by atoms with Gasteiger partial charge in [0.25, 0.3) is 0 Å². The van der Waals surface area contributed by atoms with E-state index in [4.69, 9.17) is 10.5 Å². The standard InChI is InChI=1S/C9H15NO3.ClH/c1-13-9(12)6-7(4-5-10)2-3-8(9)11;/h2-3,11-12H,4-6,10H2,1H3;1H. The molecule has 0 heterocycles. The van der Waals surface area contributed by atoms with Crippen LogP contribution in [0.15, 0.2) is 23.5 Å². The van der Waals surface area contributed by atoms with Crippen molar-refractivity contribution < 1.29 is 14.9 Å². The molecular formula is C9H16ClNO3. The Morgan fingerprint density at radius 1 is 1.57 bits per heavy atom. The van der Waals surface area contributed by atoms with E-state index in [0.29, 0.717) is 13.0 Å². The number of hydrogen-bond acceptors (Lipinski definition) is 4. The molecule has 1 unspecified atom stereocenters. The Labute approximate surface area is 89.5 Å². The van der Waals surface area contributed by atoms with Crippen molar-refractivity contribution in [3.63, 3.8) is 0 Å². The van der Waals surface area contributed by atoms with Gasteiger partial charge in [0, 0.05) is 13.5 Å². The van der Waals surface area contributed by atoms with Crippen LogP contribution < -0.4 is 5.73 Å². The number of ether oxygens (including phenoxy) is 1. The molecule has 4 N–H and O–H groups in total. The van der Waals surface area contributed by atoms with Gasteiger partial charge in [-0.15, -0.1) is 12.4 Å². The van der Waals surface area contributed by atoms with Crippen LogP contribution in [0.1, 0.15) is 12.8 Å². The Bertz CT molecular complexity index is 252. The molecule has 1 aliphatic carbocycles. The molecule has 82 valence electrons. The van der Waals surface area contributed by atoms with Crippen molar-refractivity contribution >= 4 is 12.4 Å². The van der Waals surface area contributed by atoms with Gasteiger partial charge in [-0.1, -0.05) is 11.6 Å². The molecular weight excluding hydrogens is 206 g/mol. The third-order valence-electron chi connectivity index (χ3n) is 2.15. The monoisotopic (exact) mass is 221 g/mol. The summed E-state index contributed by atoms with van der Waals surface area (Å²) in [4.78, 5) is 0. The van der Waals surface area contributed by atoms with Gasteiger partial charge in [0.15, 0.2) is 5.76 Å². The van der Waals surface area contributed by atoms with Crippen molar-refractivity contribution in [1.82, 2.24) is 0 Å². The van der Waals surface area contributed by atoms with Gasteiger partial charge in [-0.3, -0.25) is 0 Å². The smallest absolute Gasteiger partial charge is 0.228 e. The molecule has 0 fully saturated rings. The van der Waals surface area contributed by atoms with Crippen LogP contribution in [0.4, 0.5) is 0 Å². The van der Waals surface area contributed by atoms with E-state index in [1.807, 2.05) is 0 Å². The van der Waals surface area contributed by atoms with Crippen LogP contribution in [0.25, 0.3) is 0 Å². The van der Waals surface area contributed by atoms with Gasteiger partial charge in [-0.05, 0) is 19.0 Å². The third kappa shape index (κ3) is 2.72. The number of nitrogens with two attached hydrogens (primary N) is 1. The van der Waals surface area contributed by atoms with Crippen LogP contribution in [0.5, 0.6) is 0 Å². The van der Waals surface area contributed by atoms with Crippen molar-refractivity contribution in [2.24, 2.45) is 5.73 Å². The Morgan fingerprint density at radius 2 is 2.21 bits per heavy atom. The SMILES string of the molecule is COC1(O)CC(CCN)=CC=C1O.Cl. The Hall–Kier alpha value is -0.550. The van der Waals surface area contributed by atoms with Crippen LogP contribution in [-0.4, -0.2) is 29.7 Å². The molecule has 0 amide bonds. The van der Waals surface area contributed by atoms with Gasteiger partial charge >= 0.3 is 0 Å². The summed E-state index contributed by atoms with van der Waals surface area (Å²) in [6, 6.07) is 0. The molecule has 0 spiro atoms. The molecule has 0 bridgehead atoms. The van der Waals surface area contributed by atoms with Crippen LogP contribution in [0.3, 0.4) is 0 Å². The summed E-state index contributed by atoms with van der Waals surface area (Å²) in [7, 11) is 1.36. The second-order valence-corrected chi connectivity index (χ2v) is 3.08. The first kappa shape index (κ1) is 13.4. The fraction of sp³-hybridized carbons (Fsp3) is 0.556. The number of aliphatic hydroxyl groups excluding tert-OH is 1. The number of halogens is 1. The zero-order valence-electron chi connectivity index (χ0n) is 8.06. The second kappa shape index (κ2) is 5.36. The lowest BCUT2D eigenvalue weighted by molar-refractivity contribution is -0.176. The Morgan fingerprint density at radius 3 is 2.71 bits per heavy atom. The number of rotatable bonds is 3. The van der Waals surface area contributed by atoms with E-state index < -0.39 is 5.79 Å². The lowest BCUT2D eigenvalue weighted by Crippen LogP contribution is -2.35. The largest absolute Gasteiger partial charge is 0.507 e. The summed E-state index contributed by atoms with van der Waals surface area (Å²) in [5.74, 6) is -1.71. The minimum Gasteiger partial charge on any atom is -0.507 e. The number of hydrogen-bond donors (Lipinski definition) is 3. The van der Waals surface area contributed by atoms with Crippen LogP contribution >= 0.6 is 12.4 Å². The van der Waals surface area contributed by atoms with E-state index in [2.05, 4.69) is 0 Å². The quantitative estimate of drug-likeness (QED) is 0.618. The lowest BCUT2D eigenvalue weighted by Gasteiger charge is -2.29. The zero-order valence-corrected chi connectivity index (χ0v) is 8.88. The van der Waals surface area contributed by atoms with Gasteiger partial charge in [-0.2, -0.15) is 0 Å². The average molecular weight is 222 g/mol. The molecule has 0 aromatic carbocycles. The van der Waals surface area contributed by atoms with Crippen LogP contribution in [0.2, 0.25) is 0 Å². The molecule has 4 nitrogen and oxygen atoms in total. The summed E-state index contributed by atoms with van der Waals surface area (Å²) in [5.41, 5.74) is 6.35. The predicted octanol–water partition coefficient (Wildman–Crippen LogP) is 0.864. The third-order valence-corrected chi connectivity index (χ3v) is 2.15. The first-order chi connectivity index (χ1) is 6.12.